The summed E-state index contributed by atoms with van der Waals surface area (Å²) in [7, 11) is 0. The maximum absolute atomic E-state index is 12.0. The number of azo groups is 1. The Hall–Kier alpha value is -3.39. The highest BCUT2D eigenvalue weighted by atomic mass is 79.9. The molecule has 1 amide bonds. The molecule has 28 heavy (non-hydrogen) atoms. The number of rotatable bonds is 5. The number of halogens is 1. The molecule has 3 aromatic rings. The Morgan fingerprint density at radius 3 is 2.61 bits per heavy atom. The third-order valence-corrected chi connectivity index (χ3v) is 4.14. The lowest BCUT2D eigenvalue weighted by molar-refractivity contribution is 0.0954. The fourth-order valence-electron chi connectivity index (χ4n) is 2.19. The van der Waals surface area contributed by atoms with Crippen LogP contribution in [0.3, 0.4) is 0 Å². The zero-order valence-corrected chi connectivity index (χ0v) is 16.5. The Kier molecular flexibility index (Phi) is 6.23. The van der Waals surface area contributed by atoms with Gasteiger partial charge in [0.15, 0.2) is 0 Å². The molecule has 8 heteroatoms. The molecule has 140 valence electrons. The molecule has 7 nitrogen and oxygen atoms in total. The number of pyridine rings is 1. The number of nitrogens with zero attached hydrogens (tertiary/aromatic N) is 4. The number of hydrogen-bond donors (Lipinski definition) is 2. The zero-order valence-electron chi connectivity index (χ0n) is 14.9. The van der Waals surface area contributed by atoms with Gasteiger partial charge in [-0.25, -0.2) is 5.43 Å². The van der Waals surface area contributed by atoms with Crippen LogP contribution < -0.4 is 5.43 Å². The van der Waals surface area contributed by atoms with Crippen LogP contribution in [0.5, 0.6) is 5.75 Å². The highest BCUT2D eigenvalue weighted by Crippen LogP contribution is 2.25. The second-order valence-corrected chi connectivity index (χ2v) is 6.73. The van der Waals surface area contributed by atoms with Gasteiger partial charge in [-0.15, -0.1) is 0 Å². The van der Waals surface area contributed by atoms with E-state index in [1.165, 1.54) is 18.5 Å². The topological polar surface area (TPSA) is 99.3 Å². The van der Waals surface area contributed by atoms with Crippen LogP contribution in [0, 0.1) is 6.92 Å². The van der Waals surface area contributed by atoms with Crippen LogP contribution in [0.4, 0.5) is 11.4 Å². The Bertz CT molecular complexity index is 1050. The van der Waals surface area contributed by atoms with Gasteiger partial charge in [0.25, 0.3) is 5.91 Å². The average Bonchev–Trinajstić information content (AvgIpc) is 2.69. The van der Waals surface area contributed by atoms with Crippen molar-refractivity contribution < 1.29 is 9.90 Å². The second-order valence-electron chi connectivity index (χ2n) is 5.81. The first kappa shape index (κ1) is 19.4. The van der Waals surface area contributed by atoms with Gasteiger partial charge in [-0.05, 0) is 55.5 Å². The molecule has 0 aliphatic rings. The Balaban J connectivity index is 1.70. The number of hydrazone groups is 1. The van der Waals surface area contributed by atoms with Crippen LogP contribution in [0.15, 0.2) is 80.6 Å². The minimum Gasteiger partial charge on any atom is -0.507 e. The molecular formula is C20H16BrN5O2. The summed E-state index contributed by atoms with van der Waals surface area (Å²) in [6, 6.07) is 15.5. The van der Waals surface area contributed by atoms with Crippen molar-refractivity contribution in [3.63, 3.8) is 0 Å². The largest absolute Gasteiger partial charge is 0.507 e. The molecule has 0 spiro atoms. The smallest absolute Gasteiger partial charge is 0.272 e. The summed E-state index contributed by atoms with van der Waals surface area (Å²) in [6.45, 7) is 1.84. The average molecular weight is 438 g/mol. The van der Waals surface area contributed by atoms with Crippen LogP contribution in [-0.4, -0.2) is 22.2 Å². The number of nitrogens with one attached hydrogen (secondary N) is 1. The Labute approximate surface area is 170 Å². The molecule has 2 aromatic carbocycles. The third-order valence-electron chi connectivity index (χ3n) is 3.64. The number of aryl methyl sites for hydroxylation is 1. The summed E-state index contributed by atoms with van der Waals surface area (Å²) in [6.07, 6.45) is 2.81. The van der Waals surface area contributed by atoms with Crippen LogP contribution in [0.1, 0.15) is 21.6 Å². The number of aromatic hydroxyl groups is 1. The van der Waals surface area contributed by atoms with Gasteiger partial charge in [0.1, 0.15) is 5.75 Å². The predicted molar refractivity (Wildman–Crippen MR) is 110 cm³/mol. The number of amides is 1. The van der Waals surface area contributed by atoms with Crippen molar-refractivity contribution in [3.05, 3.63) is 82.1 Å². The number of phenolic OH excluding ortho intramolecular Hbond substituents is 1. The van der Waals surface area contributed by atoms with Gasteiger partial charge in [-0.2, -0.15) is 15.3 Å². The van der Waals surface area contributed by atoms with E-state index in [0.717, 1.165) is 10.2 Å². The van der Waals surface area contributed by atoms with E-state index in [0.29, 0.717) is 22.5 Å². The number of phenols is 1. The van der Waals surface area contributed by atoms with Gasteiger partial charge in [0, 0.05) is 21.9 Å². The number of aromatic nitrogens is 1. The van der Waals surface area contributed by atoms with Gasteiger partial charge >= 0.3 is 0 Å². The number of carbonyl (C=O) groups excluding carboxylic acids is 1. The van der Waals surface area contributed by atoms with Gasteiger partial charge in [0.2, 0.25) is 0 Å². The normalized spacial score (nSPS) is 11.2. The molecule has 0 radical (unpaired) electrons. The fraction of sp³-hybridized carbons (Fsp3) is 0.0500. The maximum atomic E-state index is 12.0. The molecule has 0 unspecified atom stereocenters. The van der Waals surface area contributed by atoms with Crippen molar-refractivity contribution >= 4 is 39.4 Å². The van der Waals surface area contributed by atoms with Crippen LogP contribution in [-0.2, 0) is 0 Å². The molecule has 2 N–H and O–H groups in total. The van der Waals surface area contributed by atoms with Gasteiger partial charge in [-0.1, -0.05) is 22.0 Å². The molecule has 1 aromatic heterocycles. The summed E-state index contributed by atoms with van der Waals surface area (Å²) in [4.78, 5) is 16.1. The van der Waals surface area contributed by atoms with Crippen molar-refractivity contribution in [3.8, 4) is 5.75 Å². The Morgan fingerprint density at radius 2 is 1.89 bits per heavy atom. The summed E-state index contributed by atoms with van der Waals surface area (Å²) < 4.78 is 0.905. The molecule has 0 aliphatic carbocycles. The van der Waals surface area contributed by atoms with E-state index in [9.17, 15) is 9.90 Å². The van der Waals surface area contributed by atoms with E-state index in [-0.39, 0.29) is 5.75 Å². The Morgan fingerprint density at radius 1 is 1.11 bits per heavy atom. The first-order chi connectivity index (χ1) is 13.5. The van der Waals surface area contributed by atoms with E-state index in [2.05, 4.69) is 41.7 Å². The van der Waals surface area contributed by atoms with Crippen molar-refractivity contribution in [2.24, 2.45) is 15.3 Å². The van der Waals surface area contributed by atoms with Crippen molar-refractivity contribution in [1.29, 1.82) is 0 Å². The van der Waals surface area contributed by atoms with E-state index < -0.39 is 5.91 Å². The summed E-state index contributed by atoms with van der Waals surface area (Å²) in [5.74, 6) is -0.384. The predicted octanol–water partition coefficient (Wildman–Crippen LogP) is 5.04. The van der Waals surface area contributed by atoms with Gasteiger partial charge < -0.3 is 5.11 Å². The van der Waals surface area contributed by atoms with Crippen LogP contribution in [0.25, 0.3) is 0 Å². The van der Waals surface area contributed by atoms with Crippen LogP contribution >= 0.6 is 15.9 Å². The lowest BCUT2D eigenvalue weighted by Gasteiger charge is -2.02. The number of benzene rings is 2. The molecule has 0 saturated carbocycles. The first-order valence-electron chi connectivity index (χ1n) is 8.27. The quantitative estimate of drug-likeness (QED) is 0.332. The van der Waals surface area contributed by atoms with Gasteiger partial charge in [-0.3, -0.25) is 9.78 Å². The summed E-state index contributed by atoms with van der Waals surface area (Å²) in [5.41, 5.74) is 5.23. The third kappa shape index (κ3) is 5.31. The molecular weight excluding hydrogens is 422 g/mol. The minimum atomic E-state index is -0.395. The lowest BCUT2D eigenvalue weighted by Crippen LogP contribution is -2.17. The molecule has 0 bridgehead atoms. The molecule has 1 heterocycles. The van der Waals surface area contributed by atoms with Crippen molar-refractivity contribution in [1.82, 2.24) is 10.4 Å². The molecule has 0 atom stereocenters. The number of carbonyl (C=O) groups is 1. The highest BCUT2D eigenvalue weighted by molar-refractivity contribution is 9.10. The van der Waals surface area contributed by atoms with E-state index in [1.807, 2.05) is 31.2 Å². The van der Waals surface area contributed by atoms with Crippen molar-refractivity contribution in [2.45, 2.75) is 6.92 Å². The van der Waals surface area contributed by atoms with E-state index in [1.54, 1.807) is 24.3 Å². The molecule has 0 aliphatic heterocycles. The number of hydrogen-bond acceptors (Lipinski definition) is 6. The summed E-state index contributed by atoms with van der Waals surface area (Å²) >= 11 is 3.38. The lowest BCUT2D eigenvalue weighted by atomic mass is 10.2. The van der Waals surface area contributed by atoms with E-state index in [4.69, 9.17) is 0 Å². The highest BCUT2D eigenvalue weighted by Gasteiger charge is 2.05. The molecule has 3 rings (SSSR count). The second kappa shape index (κ2) is 9.01. The van der Waals surface area contributed by atoms with Crippen LogP contribution in [0.2, 0.25) is 0 Å². The van der Waals surface area contributed by atoms with E-state index >= 15 is 0 Å². The maximum Gasteiger partial charge on any atom is 0.272 e. The zero-order chi connectivity index (χ0) is 19.9. The monoisotopic (exact) mass is 437 g/mol. The minimum absolute atomic E-state index is 0.0106. The van der Waals surface area contributed by atoms with Gasteiger partial charge in [0.05, 0.1) is 23.2 Å². The standard InChI is InChI=1S/C20H16BrN5O2/c1-13-5-6-14(11-22-13)20(28)26-23-12-15-9-18(7-8-19(15)27)25-24-17-4-2-3-16(21)10-17/h2-12,27H,1H3,(H,26,28)/b23-12+,25-24?. The summed E-state index contributed by atoms with van der Waals surface area (Å²) in [5, 5.41) is 22.2. The molecule has 0 fully saturated rings. The molecule has 0 saturated heterocycles. The fourth-order valence-corrected chi connectivity index (χ4v) is 2.58. The first-order valence-corrected chi connectivity index (χ1v) is 9.07. The van der Waals surface area contributed by atoms with Crippen molar-refractivity contribution in [2.75, 3.05) is 0 Å². The SMILES string of the molecule is Cc1ccc(C(=O)N/N=C/c2cc(N=Nc3cccc(Br)c3)ccc2O)cn1.